The number of methoxy groups -OCH3 is 1. The molecule has 112 valence electrons. The van der Waals surface area contributed by atoms with Gasteiger partial charge in [0.05, 0.1) is 19.0 Å². The van der Waals surface area contributed by atoms with Gasteiger partial charge in [-0.2, -0.15) is 0 Å². The van der Waals surface area contributed by atoms with Crippen LogP contribution in [0.5, 0.6) is 0 Å². The molecule has 0 aliphatic carbocycles. The van der Waals surface area contributed by atoms with E-state index in [2.05, 4.69) is 9.72 Å². The summed E-state index contributed by atoms with van der Waals surface area (Å²) < 4.78 is 29.6. The Hall–Kier alpha value is -1.72. The second kappa shape index (κ2) is 7.17. The molecule has 0 radical (unpaired) electrons. The number of esters is 1. The Kier molecular flexibility index (Phi) is 5.85. The monoisotopic (exact) mass is 286 g/mol. The first-order valence-corrected chi connectivity index (χ1v) is 6.48. The summed E-state index contributed by atoms with van der Waals surface area (Å²) in [6, 6.07) is 1.57. The van der Waals surface area contributed by atoms with Crippen LogP contribution in [0.3, 0.4) is 0 Å². The smallest absolute Gasteiger partial charge is 0.356 e. The van der Waals surface area contributed by atoms with E-state index in [0.717, 1.165) is 5.56 Å². The molecule has 0 saturated carbocycles. The first kappa shape index (κ1) is 16.3. The number of aromatic nitrogens is 1. The fourth-order valence-electron chi connectivity index (χ4n) is 1.92. The number of hydrogen-bond donors (Lipinski definition) is 1. The van der Waals surface area contributed by atoms with Gasteiger partial charge in [0.1, 0.15) is 5.69 Å². The number of rotatable bonds is 6. The molecule has 1 aromatic rings. The van der Waals surface area contributed by atoms with Crippen LogP contribution in [0.25, 0.3) is 0 Å². The normalized spacial score (nSPS) is 14.1. The second-order valence-electron chi connectivity index (χ2n) is 4.98. The summed E-state index contributed by atoms with van der Waals surface area (Å²) >= 11 is 0. The Labute approximate surface area is 117 Å². The molecular formula is C14H20F2N2O2. The zero-order chi connectivity index (χ0) is 15.3. The van der Waals surface area contributed by atoms with Crippen LogP contribution >= 0.6 is 0 Å². The van der Waals surface area contributed by atoms with Gasteiger partial charge in [-0.15, -0.1) is 0 Å². The number of alkyl halides is 2. The van der Waals surface area contributed by atoms with E-state index in [9.17, 15) is 13.6 Å². The number of halogens is 2. The summed E-state index contributed by atoms with van der Waals surface area (Å²) in [7, 11) is 1.27. The lowest BCUT2D eigenvalue weighted by Gasteiger charge is -2.17. The number of nitrogen functional groups attached to an aromatic ring is 1. The first-order chi connectivity index (χ1) is 9.36. The number of nitrogens with two attached hydrogens (primary N) is 1. The van der Waals surface area contributed by atoms with Gasteiger partial charge in [0.2, 0.25) is 6.43 Å². The molecule has 0 fully saturated rings. The van der Waals surface area contributed by atoms with E-state index < -0.39 is 18.3 Å². The minimum absolute atomic E-state index is 0.0254. The average Bonchev–Trinajstić information content (AvgIpc) is 2.43. The van der Waals surface area contributed by atoms with Crippen LogP contribution in [0.2, 0.25) is 0 Å². The van der Waals surface area contributed by atoms with E-state index in [4.69, 9.17) is 5.73 Å². The van der Waals surface area contributed by atoms with Crippen molar-refractivity contribution in [2.75, 3.05) is 12.8 Å². The molecule has 2 N–H and O–H groups in total. The highest BCUT2D eigenvalue weighted by atomic mass is 19.3. The number of carbonyl (C=O) groups is 1. The molecule has 4 nitrogen and oxygen atoms in total. The number of carbonyl (C=O) groups excluding carboxylic acids is 1. The third-order valence-electron chi connectivity index (χ3n) is 3.38. The maximum Gasteiger partial charge on any atom is 0.356 e. The molecule has 1 aromatic heterocycles. The number of hydrogen-bond acceptors (Lipinski definition) is 4. The van der Waals surface area contributed by atoms with Crippen LogP contribution in [-0.4, -0.2) is 24.5 Å². The van der Waals surface area contributed by atoms with Crippen LogP contribution < -0.4 is 5.73 Å². The number of nitrogens with zero attached hydrogens (tertiary/aromatic N) is 1. The van der Waals surface area contributed by atoms with Crippen molar-refractivity contribution in [3.05, 3.63) is 23.5 Å². The van der Waals surface area contributed by atoms with E-state index in [-0.39, 0.29) is 11.6 Å². The van der Waals surface area contributed by atoms with Gasteiger partial charge in [0.25, 0.3) is 0 Å². The zero-order valence-electron chi connectivity index (χ0n) is 11.9. The summed E-state index contributed by atoms with van der Waals surface area (Å²) in [5, 5.41) is 0. The van der Waals surface area contributed by atoms with E-state index >= 15 is 0 Å². The highest BCUT2D eigenvalue weighted by Crippen LogP contribution is 2.29. The van der Waals surface area contributed by atoms with Gasteiger partial charge < -0.3 is 10.5 Å². The average molecular weight is 286 g/mol. The molecule has 0 saturated heterocycles. The third kappa shape index (κ3) is 4.15. The van der Waals surface area contributed by atoms with Gasteiger partial charge in [-0.25, -0.2) is 18.6 Å². The molecule has 0 spiro atoms. The lowest BCUT2D eigenvalue weighted by Crippen LogP contribution is -2.11. The molecule has 20 heavy (non-hydrogen) atoms. The topological polar surface area (TPSA) is 65.2 Å². The SMILES string of the molecule is COC(=O)c1cc([C@@H](C)CC[C@@H](C)C(F)F)c(N)cn1. The van der Waals surface area contributed by atoms with Crippen molar-refractivity contribution in [2.45, 2.75) is 39.0 Å². The van der Waals surface area contributed by atoms with E-state index in [0.29, 0.717) is 18.5 Å². The van der Waals surface area contributed by atoms with E-state index in [1.165, 1.54) is 20.2 Å². The number of anilines is 1. The predicted molar refractivity (Wildman–Crippen MR) is 72.8 cm³/mol. The van der Waals surface area contributed by atoms with Crippen LogP contribution in [0.15, 0.2) is 12.3 Å². The molecule has 2 atom stereocenters. The van der Waals surface area contributed by atoms with Crippen molar-refractivity contribution in [1.29, 1.82) is 0 Å². The predicted octanol–water partition coefficient (Wildman–Crippen LogP) is 3.24. The Bertz CT molecular complexity index is 466. The van der Waals surface area contributed by atoms with Crippen molar-refractivity contribution >= 4 is 11.7 Å². The van der Waals surface area contributed by atoms with E-state index in [1.807, 2.05) is 6.92 Å². The van der Waals surface area contributed by atoms with Gasteiger partial charge in [0, 0.05) is 5.92 Å². The molecule has 0 aromatic carbocycles. The lowest BCUT2D eigenvalue weighted by molar-refractivity contribution is 0.0594. The summed E-state index contributed by atoms with van der Waals surface area (Å²) in [4.78, 5) is 15.3. The molecular weight excluding hydrogens is 266 g/mol. The Morgan fingerprint density at radius 1 is 1.40 bits per heavy atom. The second-order valence-corrected chi connectivity index (χ2v) is 4.98. The molecule has 6 heteroatoms. The zero-order valence-corrected chi connectivity index (χ0v) is 11.9. The van der Waals surface area contributed by atoms with Gasteiger partial charge in [-0.3, -0.25) is 0 Å². The summed E-state index contributed by atoms with van der Waals surface area (Å²) in [6.07, 6.45) is 0.0472. The van der Waals surface area contributed by atoms with Crippen molar-refractivity contribution < 1.29 is 18.3 Å². The molecule has 0 amide bonds. The van der Waals surface area contributed by atoms with Crippen LogP contribution in [0, 0.1) is 5.92 Å². The van der Waals surface area contributed by atoms with Gasteiger partial charge in [0.15, 0.2) is 0 Å². The third-order valence-corrected chi connectivity index (χ3v) is 3.38. The molecule has 1 heterocycles. The Morgan fingerprint density at radius 2 is 2.05 bits per heavy atom. The van der Waals surface area contributed by atoms with Crippen LogP contribution in [0.4, 0.5) is 14.5 Å². The maximum absolute atomic E-state index is 12.5. The van der Waals surface area contributed by atoms with Crippen molar-refractivity contribution in [1.82, 2.24) is 4.98 Å². The van der Waals surface area contributed by atoms with Crippen molar-refractivity contribution in [3.63, 3.8) is 0 Å². The summed E-state index contributed by atoms with van der Waals surface area (Å²) in [6.45, 7) is 3.41. The van der Waals surface area contributed by atoms with Crippen LogP contribution in [-0.2, 0) is 4.74 Å². The summed E-state index contributed by atoms with van der Waals surface area (Å²) in [5.41, 5.74) is 7.20. The van der Waals surface area contributed by atoms with Gasteiger partial charge in [-0.05, 0) is 30.4 Å². The van der Waals surface area contributed by atoms with E-state index in [1.54, 1.807) is 6.07 Å². The standard InChI is InChI=1S/C14H20F2N2O2/c1-8(4-5-9(2)13(15)16)10-6-12(14(19)20-3)18-7-11(10)17/h6-9,13H,4-5,17H2,1-3H3/t8-,9+/m0/s1. The Morgan fingerprint density at radius 3 is 2.60 bits per heavy atom. The molecule has 0 bridgehead atoms. The van der Waals surface area contributed by atoms with Gasteiger partial charge in [-0.1, -0.05) is 13.8 Å². The van der Waals surface area contributed by atoms with Crippen molar-refractivity contribution in [3.8, 4) is 0 Å². The molecule has 0 aliphatic rings. The Balaban J connectivity index is 2.81. The molecule has 0 unspecified atom stereocenters. The fraction of sp³-hybridized carbons (Fsp3) is 0.571. The number of ether oxygens (including phenoxy) is 1. The number of pyridine rings is 1. The van der Waals surface area contributed by atoms with Gasteiger partial charge >= 0.3 is 5.97 Å². The summed E-state index contributed by atoms with van der Waals surface area (Å²) in [5.74, 6) is -1.22. The first-order valence-electron chi connectivity index (χ1n) is 6.48. The minimum Gasteiger partial charge on any atom is -0.464 e. The lowest BCUT2D eigenvalue weighted by atomic mass is 9.91. The minimum atomic E-state index is -2.32. The highest BCUT2D eigenvalue weighted by molar-refractivity contribution is 5.87. The molecule has 1 rings (SSSR count). The highest BCUT2D eigenvalue weighted by Gasteiger charge is 2.19. The van der Waals surface area contributed by atoms with Crippen molar-refractivity contribution in [2.24, 2.45) is 5.92 Å². The fourth-order valence-corrected chi connectivity index (χ4v) is 1.92. The largest absolute Gasteiger partial charge is 0.464 e. The molecule has 0 aliphatic heterocycles. The maximum atomic E-state index is 12.5. The quantitative estimate of drug-likeness (QED) is 0.815. The van der Waals surface area contributed by atoms with Crippen LogP contribution in [0.1, 0.15) is 48.7 Å².